The summed E-state index contributed by atoms with van der Waals surface area (Å²) in [5.41, 5.74) is 3.04. The standard InChI is InChI=1S/C25H28N2O4/c1-26-11-10-25-17-4-5-18(27(2)22(29)8-3-15-9-12-30-14-15)24(25)31-21-7-6-20(28)16(23(21)25)13-19(17)26/h3,6-9,12,14,17-19,24,28H,4-5,10-11,13H2,1-2H3/b8-3+/t17-,18-,19+,24-,25-/m0/s1. The van der Waals surface area contributed by atoms with Crippen molar-refractivity contribution in [3.63, 3.8) is 0 Å². The molecule has 31 heavy (non-hydrogen) atoms. The van der Waals surface area contributed by atoms with Crippen LogP contribution in [0.25, 0.3) is 6.08 Å². The first-order valence-electron chi connectivity index (χ1n) is 11.2. The molecule has 0 unspecified atom stereocenters. The third kappa shape index (κ3) is 2.51. The number of carbonyl (C=O) groups excluding carboxylic acids is 1. The molecule has 1 aromatic carbocycles. The summed E-state index contributed by atoms with van der Waals surface area (Å²) in [6, 6.07) is 5.95. The second-order valence-corrected chi connectivity index (χ2v) is 9.61. The van der Waals surface area contributed by atoms with Crippen LogP contribution in [0.4, 0.5) is 0 Å². The molecule has 5 atom stereocenters. The van der Waals surface area contributed by atoms with Crippen molar-refractivity contribution in [1.29, 1.82) is 0 Å². The van der Waals surface area contributed by atoms with Crippen molar-refractivity contribution in [2.45, 2.75) is 49.3 Å². The Morgan fingerprint density at radius 3 is 3.00 bits per heavy atom. The molecule has 1 saturated heterocycles. The molecule has 6 heteroatoms. The Hall–Kier alpha value is -2.73. The molecule has 1 saturated carbocycles. The van der Waals surface area contributed by atoms with Crippen LogP contribution in [0.5, 0.6) is 11.5 Å². The van der Waals surface area contributed by atoms with Crippen LogP contribution in [0, 0.1) is 5.92 Å². The summed E-state index contributed by atoms with van der Waals surface area (Å²) < 4.78 is 11.7. The van der Waals surface area contributed by atoms with Crippen LogP contribution in [0.1, 0.15) is 36.0 Å². The summed E-state index contributed by atoms with van der Waals surface area (Å²) in [5.74, 6) is 1.76. The second-order valence-electron chi connectivity index (χ2n) is 9.61. The zero-order chi connectivity index (χ0) is 21.3. The van der Waals surface area contributed by atoms with Crippen molar-refractivity contribution < 1.29 is 19.1 Å². The van der Waals surface area contributed by atoms with E-state index in [2.05, 4.69) is 11.9 Å². The summed E-state index contributed by atoms with van der Waals surface area (Å²) in [4.78, 5) is 17.4. The predicted octanol–water partition coefficient (Wildman–Crippen LogP) is 3.19. The van der Waals surface area contributed by atoms with Crippen LogP contribution in [-0.2, 0) is 16.6 Å². The summed E-state index contributed by atoms with van der Waals surface area (Å²) in [6.07, 6.45) is 10.4. The van der Waals surface area contributed by atoms with Crippen molar-refractivity contribution >= 4 is 12.0 Å². The highest BCUT2D eigenvalue weighted by Crippen LogP contribution is 2.63. The third-order valence-corrected chi connectivity index (χ3v) is 8.39. The number of benzene rings is 1. The van der Waals surface area contributed by atoms with E-state index in [1.165, 1.54) is 5.56 Å². The van der Waals surface area contributed by atoms with E-state index in [0.717, 1.165) is 49.1 Å². The van der Waals surface area contributed by atoms with E-state index in [-0.39, 0.29) is 23.5 Å². The van der Waals surface area contributed by atoms with E-state index in [1.54, 1.807) is 30.7 Å². The van der Waals surface area contributed by atoms with Gasteiger partial charge in [-0.15, -0.1) is 0 Å². The average Bonchev–Trinajstić information content (AvgIpc) is 3.40. The number of likely N-dealkylation sites (N-methyl/N-ethyl adjacent to an activating group) is 2. The summed E-state index contributed by atoms with van der Waals surface area (Å²) in [5, 5.41) is 10.7. The van der Waals surface area contributed by atoms with Crippen LogP contribution in [0.3, 0.4) is 0 Å². The van der Waals surface area contributed by atoms with E-state index in [0.29, 0.717) is 17.7 Å². The van der Waals surface area contributed by atoms with Gasteiger partial charge in [-0.2, -0.15) is 0 Å². The number of aromatic hydroxyl groups is 1. The van der Waals surface area contributed by atoms with Gasteiger partial charge in [0.2, 0.25) is 5.91 Å². The first-order valence-corrected chi connectivity index (χ1v) is 11.2. The number of phenols is 1. The number of rotatable bonds is 3. The zero-order valence-corrected chi connectivity index (χ0v) is 18.0. The molecule has 162 valence electrons. The average molecular weight is 421 g/mol. The lowest BCUT2D eigenvalue weighted by molar-refractivity contribution is -0.134. The fraction of sp³-hybridized carbons (Fsp3) is 0.480. The second kappa shape index (κ2) is 6.63. The molecular formula is C25H28N2O4. The van der Waals surface area contributed by atoms with Crippen LogP contribution in [-0.4, -0.2) is 59.6 Å². The molecule has 2 aliphatic carbocycles. The number of carbonyl (C=O) groups is 1. The number of piperidine rings is 1. The van der Waals surface area contributed by atoms with Crippen molar-refractivity contribution in [3.8, 4) is 11.5 Å². The Morgan fingerprint density at radius 2 is 2.19 bits per heavy atom. The third-order valence-electron chi connectivity index (χ3n) is 8.39. The maximum Gasteiger partial charge on any atom is 0.246 e. The number of furan rings is 1. The van der Waals surface area contributed by atoms with Gasteiger partial charge in [0.05, 0.1) is 18.6 Å². The molecule has 1 spiro atoms. The normalized spacial score (nSPS) is 33.2. The Balaban J connectivity index is 1.38. The van der Waals surface area contributed by atoms with Gasteiger partial charge >= 0.3 is 0 Å². The van der Waals surface area contributed by atoms with Crippen LogP contribution < -0.4 is 4.74 Å². The van der Waals surface area contributed by atoms with Crippen molar-refractivity contribution in [3.05, 3.63) is 53.5 Å². The van der Waals surface area contributed by atoms with Gasteiger partial charge in [-0.05, 0) is 69.5 Å². The molecule has 6 nitrogen and oxygen atoms in total. The van der Waals surface area contributed by atoms with Crippen molar-refractivity contribution in [2.75, 3.05) is 20.6 Å². The molecule has 2 aliphatic heterocycles. The van der Waals surface area contributed by atoms with E-state index in [1.807, 2.05) is 24.1 Å². The van der Waals surface area contributed by atoms with E-state index >= 15 is 0 Å². The lowest BCUT2D eigenvalue weighted by Gasteiger charge is -2.59. The summed E-state index contributed by atoms with van der Waals surface area (Å²) in [6.45, 7) is 1.01. The molecule has 2 aromatic rings. The highest BCUT2D eigenvalue weighted by molar-refractivity contribution is 5.91. The van der Waals surface area contributed by atoms with Crippen LogP contribution in [0.2, 0.25) is 0 Å². The van der Waals surface area contributed by atoms with E-state index < -0.39 is 0 Å². The summed E-state index contributed by atoms with van der Waals surface area (Å²) in [7, 11) is 4.10. The van der Waals surface area contributed by atoms with Gasteiger partial charge in [-0.3, -0.25) is 4.79 Å². The molecular weight excluding hydrogens is 392 g/mol. The quantitative estimate of drug-likeness (QED) is 0.773. The Bertz CT molecular complexity index is 1060. The van der Waals surface area contributed by atoms with Crippen molar-refractivity contribution in [1.82, 2.24) is 9.80 Å². The lowest BCUT2D eigenvalue weighted by Crippen LogP contribution is -2.68. The number of amides is 1. The number of phenolic OH excluding ortho intramolecular Hbond substituents is 1. The predicted molar refractivity (Wildman–Crippen MR) is 116 cm³/mol. The molecule has 3 heterocycles. The van der Waals surface area contributed by atoms with E-state index in [9.17, 15) is 9.90 Å². The van der Waals surface area contributed by atoms with Gasteiger partial charge in [0, 0.05) is 41.3 Å². The zero-order valence-electron chi connectivity index (χ0n) is 18.0. The maximum absolute atomic E-state index is 13.0. The van der Waals surface area contributed by atoms with Gasteiger partial charge in [0.25, 0.3) is 0 Å². The van der Waals surface area contributed by atoms with Crippen LogP contribution in [0.15, 0.2) is 41.2 Å². The number of nitrogens with zero attached hydrogens (tertiary/aromatic N) is 2. The monoisotopic (exact) mass is 420 g/mol. The molecule has 1 aromatic heterocycles. The van der Waals surface area contributed by atoms with Gasteiger partial charge in [0.15, 0.2) is 0 Å². The minimum atomic E-state index is -0.120. The SMILES string of the molecule is CN1CC[C@@]23c4c5ccc(O)c4C[C@@H]1[C@@H]2CC[C@H](N(C)C(=O)/C=C/c1ccoc1)[C@@H]3O5. The Kier molecular flexibility index (Phi) is 4.06. The summed E-state index contributed by atoms with van der Waals surface area (Å²) >= 11 is 0. The number of ether oxygens (including phenoxy) is 1. The molecule has 2 fully saturated rings. The number of likely N-dealkylation sites (tertiary alicyclic amines) is 1. The van der Waals surface area contributed by atoms with Gasteiger partial charge in [-0.25, -0.2) is 0 Å². The molecule has 1 amide bonds. The molecule has 2 bridgehead atoms. The van der Waals surface area contributed by atoms with Crippen molar-refractivity contribution in [2.24, 2.45) is 5.92 Å². The molecule has 0 radical (unpaired) electrons. The first kappa shape index (κ1) is 19.0. The smallest absolute Gasteiger partial charge is 0.246 e. The maximum atomic E-state index is 13.0. The largest absolute Gasteiger partial charge is 0.508 e. The van der Waals surface area contributed by atoms with E-state index in [4.69, 9.17) is 9.15 Å². The lowest BCUT2D eigenvalue weighted by atomic mass is 9.51. The topological polar surface area (TPSA) is 66.2 Å². The number of hydrogen-bond donors (Lipinski definition) is 1. The van der Waals surface area contributed by atoms with Gasteiger partial charge < -0.3 is 24.1 Å². The fourth-order valence-electron chi connectivity index (χ4n) is 6.94. The number of hydrogen-bond acceptors (Lipinski definition) is 5. The minimum absolute atomic E-state index is 0.00213. The van der Waals surface area contributed by atoms with Gasteiger partial charge in [0.1, 0.15) is 17.6 Å². The van der Waals surface area contributed by atoms with Gasteiger partial charge in [-0.1, -0.05) is 0 Å². The molecule has 6 rings (SSSR count). The highest BCUT2D eigenvalue weighted by Gasteiger charge is 2.66. The van der Waals surface area contributed by atoms with Crippen LogP contribution >= 0.6 is 0 Å². The minimum Gasteiger partial charge on any atom is -0.508 e. The first-order chi connectivity index (χ1) is 15.0. The highest BCUT2D eigenvalue weighted by atomic mass is 16.5. The Labute approximate surface area is 182 Å². The Morgan fingerprint density at radius 1 is 1.32 bits per heavy atom. The molecule has 1 N–H and O–H groups in total. The molecule has 4 aliphatic rings. The fourth-order valence-corrected chi connectivity index (χ4v) is 6.94.